The fraction of sp³-hybridized carbons (Fsp3) is 0.333. The van der Waals surface area contributed by atoms with Gasteiger partial charge in [0.15, 0.2) is 0 Å². The molecule has 0 heterocycles. The lowest BCUT2D eigenvalue weighted by Crippen LogP contribution is -2.26. The van der Waals surface area contributed by atoms with Gasteiger partial charge in [-0.2, -0.15) is 0 Å². The number of carboxylic acid groups (broad SMARTS) is 2. The lowest BCUT2D eigenvalue weighted by molar-refractivity contribution is -0.145. The summed E-state index contributed by atoms with van der Waals surface area (Å²) in [4.78, 5) is 22.5. The van der Waals surface area contributed by atoms with Crippen molar-refractivity contribution in [1.29, 1.82) is 0 Å². The minimum absolute atomic E-state index is 0.0230. The fourth-order valence-corrected chi connectivity index (χ4v) is 2.30. The van der Waals surface area contributed by atoms with Crippen LogP contribution in [0.2, 0.25) is 5.02 Å². The summed E-state index contributed by atoms with van der Waals surface area (Å²) < 4.78 is 0. The average molecular weight is 289 g/mol. The van der Waals surface area contributed by atoms with E-state index in [0.717, 1.165) is 0 Å². The van der Waals surface area contributed by atoms with Gasteiger partial charge >= 0.3 is 11.9 Å². The summed E-state index contributed by atoms with van der Waals surface area (Å²) in [5, 5.41) is 18.1. The predicted molar refractivity (Wildman–Crippen MR) is 70.6 cm³/mol. The zero-order valence-corrected chi connectivity index (χ0v) is 11.5. The number of carbonyl (C=O) groups is 2. The summed E-state index contributed by atoms with van der Waals surface area (Å²) in [6.45, 7) is 3.24. The fourth-order valence-electron chi connectivity index (χ4n) is 1.08. The molecule has 0 radical (unpaired) electrons. The van der Waals surface area contributed by atoms with Gasteiger partial charge in [0.05, 0.1) is 16.0 Å². The zero-order valence-electron chi connectivity index (χ0n) is 9.94. The van der Waals surface area contributed by atoms with Crippen molar-refractivity contribution in [3.8, 4) is 0 Å². The molecule has 0 unspecified atom stereocenters. The Bertz CT molecular complexity index is 485. The molecule has 0 fully saturated rings. The summed E-state index contributed by atoms with van der Waals surface area (Å²) >= 11 is 7.04. The molecule has 4 nitrogen and oxygen atoms in total. The van der Waals surface area contributed by atoms with E-state index in [1.165, 1.54) is 23.9 Å². The number of benzene rings is 1. The van der Waals surface area contributed by atoms with Crippen molar-refractivity contribution in [2.24, 2.45) is 5.41 Å². The highest BCUT2D eigenvalue weighted by Gasteiger charge is 2.27. The topological polar surface area (TPSA) is 74.6 Å². The van der Waals surface area contributed by atoms with Crippen molar-refractivity contribution in [2.75, 3.05) is 5.75 Å². The van der Waals surface area contributed by atoms with Crippen molar-refractivity contribution in [1.82, 2.24) is 0 Å². The number of hydrogen-bond acceptors (Lipinski definition) is 3. The van der Waals surface area contributed by atoms with Crippen LogP contribution in [0.4, 0.5) is 0 Å². The number of rotatable bonds is 5. The first-order valence-electron chi connectivity index (χ1n) is 5.13. The normalized spacial score (nSPS) is 11.3. The van der Waals surface area contributed by atoms with E-state index in [4.69, 9.17) is 21.8 Å². The first kappa shape index (κ1) is 14.9. The molecule has 1 aromatic rings. The molecule has 0 bridgehead atoms. The monoisotopic (exact) mass is 288 g/mol. The molecule has 0 aliphatic carbocycles. The SMILES string of the molecule is CC(C)(CSc1ccc(Cl)c(C(=O)O)c1)C(=O)O. The van der Waals surface area contributed by atoms with Crippen LogP contribution < -0.4 is 0 Å². The Morgan fingerprint density at radius 3 is 2.44 bits per heavy atom. The van der Waals surface area contributed by atoms with E-state index in [9.17, 15) is 9.59 Å². The van der Waals surface area contributed by atoms with Crippen LogP contribution in [0.15, 0.2) is 23.1 Å². The Labute approximate surface area is 114 Å². The van der Waals surface area contributed by atoms with E-state index in [0.29, 0.717) is 10.6 Å². The van der Waals surface area contributed by atoms with Gasteiger partial charge in [-0.15, -0.1) is 11.8 Å². The maximum absolute atomic E-state index is 10.9. The Morgan fingerprint density at radius 2 is 1.94 bits per heavy atom. The first-order valence-corrected chi connectivity index (χ1v) is 6.49. The highest BCUT2D eigenvalue weighted by Crippen LogP contribution is 2.30. The van der Waals surface area contributed by atoms with Crippen molar-refractivity contribution in [2.45, 2.75) is 18.7 Å². The smallest absolute Gasteiger partial charge is 0.337 e. The van der Waals surface area contributed by atoms with Crippen molar-refractivity contribution < 1.29 is 19.8 Å². The molecule has 1 rings (SSSR count). The standard InChI is InChI=1S/C12H13ClO4S/c1-12(2,11(16)17)6-18-7-3-4-9(13)8(5-7)10(14)15/h3-5H,6H2,1-2H3,(H,14,15)(H,16,17). The van der Waals surface area contributed by atoms with Crippen LogP contribution >= 0.6 is 23.4 Å². The second-order valence-corrected chi connectivity index (χ2v) is 5.88. The molecule has 0 amide bonds. The van der Waals surface area contributed by atoms with Gasteiger partial charge in [0.25, 0.3) is 0 Å². The average Bonchev–Trinajstić information content (AvgIpc) is 2.27. The van der Waals surface area contributed by atoms with Gasteiger partial charge in [-0.1, -0.05) is 11.6 Å². The molecule has 0 saturated carbocycles. The third kappa shape index (κ3) is 3.65. The van der Waals surface area contributed by atoms with E-state index < -0.39 is 17.4 Å². The largest absolute Gasteiger partial charge is 0.481 e. The third-order valence-corrected chi connectivity index (χ3v) is 4.13. The highest BCUT2D eigenvalue weighted by atomic mass is 35.5. The van der Waals surface area contributed by atoms with E-state index in [2.05, 4.69) is 0 Å². The van der Waals surface area contributed by atoms with Gasteiger partial charge in [0.2, 0.25) is 0 Å². The van der Waals surface area contributed by atoms with Gasteiger partial charge in [0, 0.05) is 10.6 Å². The third-order valence-electron chi connectivity index (χ3n) is 2.35. The molecular weight excluding hydrogens is 276 g/mol. The molecule has 18 heavy (non-hydrogen) atoms. The Balaban J connectivity index is 2.84. The second-order valence-electron chi connectivity index (χ2n) is 4.42. The van der Waals surface area contributed by atoms with Gasteiger partial charge in [-0.05, 0) is 32.0 Å². The minimum Gasteiger partial charge on any atom is -0.481 e. The second kappa shape index (κ2) is 5.63. The van der Waals surface area contributed by atoms with Crippen LogP contribution in [0.25, 0.3) is 0 Å². The Morgan fingerprint density at radius 1 is 1.33 bits per heavy atom. The summed E-state index contributed by atoms with van der Waals surface area (Å²) in [5.41, 5.74) is -0.844. The maximum atomic E-state index is 10.9. The number of aromatic carboxylic acids is 1. The first-order chi connectivity index (χ1) is 8.24. The van der Waals surface area contributed by atoms with Gasteiger partial charge in [-0.25, -0.2) is 4.79 Å². The zero-order chi connectivity index (χ0) is 13.9. The van der Waals surface area contributed by atoms with Crippen LogP contribution in [-0.2, 0) is 4.79 Å². The summed E-state index contributed by atoms with van der Waals surface area (Å²) in [5.74, 6) is -1.63. The molecule has 0 aliphatic heterocycles. The Hall–Kier alpha value is -1.20. The quantitative estimate of drug-likeness (QED) is 0.814. The van der Waals surface area contributed by atoms with Gasteiger partial charge in [0.1, 0.15) is 0 Å². The van der Waals surface area contributed by atoms with Crippen LogP contribution in [0.5, 0.6) is 0 Å². The van der Waals surface area contributed by atoms with Crippen molar-refractivity contribution >= 4 is 35.3 Å². The van der Waals surface area contributed by atoms with Crippen LogP contribution in [-0.4, -0.2) is 27.9 Å². The van der Waals surface area contributed by atoms with E-state index in [1.807, 2.05) is 0 Å². The molecule has 2 N–H and O–H groups in total. The lowest BCUT2D eigenvalue weighted by Gasteiger charge is -2.18. The molecule has 98 valence electrons. The molecule has 0 aromatic heterocycles. The number of aliphatic carboxylic acids is 1. The molecule has 1 aromatic carbocycles. The van der Waals surface area contributed by atoms with Crippen molar-refractivity contribution in [3.63, 3.8) is 0 Å². The summed E-state index contributed by atoms with van der Waals surface area (Å²) in [6, 6.07) is 4.63. The maximum Gasteiger partial charge on any atom is 0.337 e. The lowest BCUT2D eigenvalue weighted by atomic mass is 9.97. The van der Waals surface area contributed by atoms with Crippen LogP contribution in [0.3, 0.4) is 0 Å². The number of thioether (sulfide) groups is 1. The van der Waals surface area contributed by atoms with Crippen molar-refractivity contribution in [3.05, 3.63) is 28.8 Å². The van der Waals surface area contributed by atoms with Crippen LogP contribution in [0, 0.1) is 5.41 Å². The van der Waals surface area contributed by atoms with Gasteiger partial charge < -0.3 is 10.2 Å². The van der Waals surface area contributed by atoms with E-state index >= 15 is 0 Å². The molecule has 0 aliphatic rings. The summed E-state index contributed by atoms with van der Waals surface area (Å²) in [6.07, 6.45) is 0. The number of halogens is 1. The summed E-state index contributed by atoms with van der Waals surface area (Å²) in [7, 11) is 0. The molecule has 0 saturated heterocycles. The predicted octanol–water partition coefficient (Wildman–Crippen LogP) is 3.24. The molecule has 0 atom stereocenters. The van der Waals surface area contributed by atoms with Gasteiger partial charge in [-0.3, -0.25) is 4.79 Å². The molecular formula is C12H13ClO4S. The van der Waals surface area contributed by atoms with E-state index in [-0.39, 0.29) is 10.6 Å². The van der Waals surface area contributed by atoms with Crippen LogP contribution in [0.1, 0.15) is 24.2 Å². The molecule has 0 spiro atoms. The van der Waals surface area contributed by atoms with E-state index in [1.54, 1.807) is 19.9 Å². The Kier molecular flexibility index (Phi) is 4.65. The minimum atomic E-state index is -1.10. The number of hydrogen-bond donors (Lipinski definition) is 2. The highest BCUT2D eigenvalue weighted by molar-refractivity contribution is 7.99. The number of carboxylic acids is 2. The molecule has 6 heteroatoms.